The number of nitrogens with zero attached hydrogens (tertiary/aromatic N) is 1. The third-order valence-corrected chi connectivity index (χ3v) is 3.08. The number of benzene rings is 1. The Morgan fingerprint density at radius 3 is 2.79 bits per heavy atom. The second kappa shape index (κ2) is 4.09. The fourth-order valence-electron chi connectivity index (χ4n) is 1.20. The van der Waals surface area contributed by atoms with Gasteiger partial charge in [-0.3, -0.25) is 0 Å². The number of rotatable bonds is 2. The first-order valence-corrected chi connectivity index (χ1v) is 5.46. The summed E-state index contributed by atoms with van der Waals surface area (Å²) in [6, 6.07) is 7.67. The van der Waals surface area contributed by atoms with Gasteiger partial charge in [0, 0.05) is 22.5 Å². The lowest BCUT2D eigenvalue weighted by Gasteiger charge is -1.98. The van der Waals surface area contributed by atoms with Crippen LogP contribution in [0.15, 0.2) is 29.6 Å². The van der Waals surface area contributed by atoms with Crippen molar-refractivity contribution in [1.29, 1.82) is 0 Å². The molecule has 2 nitrogen and oxygen atoms in total. The highest BCUT2D eigenvalue weighted by atomic mass is 35.5. The zero-order valence-electron chi connectivity index (χ0n) is 7.40. The van der Waals surface area contributed by atoms with Gasteiger partial charge in [-0.1, -0.05) is 29.8 Å². The normalized spacial score (nSPS) is 10.4. The molecule has 0 fully saturated rings. The first-order chi connectivity index (χ1) is 6.81. The minimum atomic E-state index is 0.481. The summed E-state index contributed by atoms with van der Waals surface area (Å²) >= 11 is 7.60. The van der Waals surface area contributed by atoms with Crippen LogP contribution in [0.25, 0.3) is 11.3 Å². The second-order valence-electron chi connectivity index (χ2n) is 2.81. The van der Waals surface area contributed by atoms with Crippen molar-refractivity contribution in [2.45, 2.75) is 6.54 Å². The van der Waals surface area contributed by atoms with Crippen LogP contribution in [0.4, 0.5) is 0 Å². The molecule has 1 heterocycles. The maximum atomic E-state index is 6.04. The van der Waals surface area contributed by atoms with Gasteiger partial charge in [0.05, 0.1) is 5.69 Å². The third-order valence-electron chi connectivity index (χ3n) is 1.88. The summed E-state index contributed by atoms with van der Waals surface area (Å²) in [5.41, 5.74) is 7.36. The molecule has 0 radical (unpaired) electrons. The lowest BCUT2D eigenvalue weighted by molar-refractivity contribution is 1.04. The van der Waals surface area contributed by atoms with E-state index in [0.717, 1.165) is 21.3 Å². The number of nitrogens with two attached hydrogens (primary N) is 1. The van der Waals surface area contributed by atoms with Crippen LogP contribution >= 0.6 is 22.9 Å². The molecule has 0 aliphatic rings. The van der Waals surface area contributed by atoms with Gasteiger partial charge in [0.1, 0.15) is 5.01 Å². The van der Waals surface area contributed by atoms with Gasteiger partial charge in [-0.15, -0.1) is 11.3 Å². The number of thiazole rings is 1. The molecule has 0 amide bonds. The van der Waals surface area contributed by atoms with E-state index in [0.29, 0.717) is 6.54 Å². The molecule has 1 aromatic carbocycles. The van der Waals surface area contributed by atoms with Crippen molar-refractivity contribution < 1.29 is 0 Å². The molecule has 2 N–H and O–H groups in total. The zero-order chi connectivity index (χ0) is 9.97. The van der Waals surface area contributed by atoms with E-state index in [-0.39, 0.29) is 0 Å². The van der Waals surface area contributed by atoms with Crippen LogP contribution in [0.3, 0.4) is 0 Å². The van der Waals surface area contributed by atoms with Gasteiger partial charge in [0.25, 0.3) is 0 Å². The van der Waals surface area contributed by atoms with E-state index in [9.17, 15) is 0 Å². The molecule has 1 aromatic heterocycles. The van der Waals surface area contributed by atoms with E-state index in [2.05, 4.69) is 4.98 Å². The van der Waals surface area contributed by atoms with E-state index in [1.807, 2.05) is 29.6 Å². The smallest absolute Gasteiger partial charge is 0.107 e. The molecule has 0 unspecified atom stereocenters. The summed E-state index contributed by atoms with van der Waals surface area (Å²) < 4.78 is 0. The van der Waals surface area contributed by atoms with Gasteiger partial charge in [-0.25, -0.2) is 4.98 Å². The van der Waals surface area contributed by atoms with Crippen molar-refractivity contribution in [3.05, 3.63) is 39.7 Å². The van der Waals surface area contributed by atoms with Crippen molar-refractivity contribution in [2.24, 2.45) is 5.73 Å². The summed E-state index contributed by atoms with van der Waals surface area (Å²) in [4.78, 5) is 4.37. The molecule has 0 saturated carbocycles. The van der Waals surface area contributed by atoms with Crippen LogP contribution in [0.5, 0.6) is 0 Å². The van der Waals surface area contributed by atoms with Gasteiger partial charge in [0.15, 0.2) is 0 Å². The molecule has 0 bridgehead atoms. The number of hydrogen-bond acceptors (Lipinski definition) is 3. The third kappa shape index (κ3) is 1.80. The summed E-state index contributed by atoms with van der Waals surface area (Å²) in [7, 11) is 0. The average Bonchev–Trinajstić information content (AvgIpc) is 2.67. The molecular weight excluding hydrogens is 216 g/mol. The minimum absolute atomic E-state index is 0.481. The molecule has 4 heteroatoms. The average molecular weight is 225 g/mol. The van der Waals surface area contributed by atoms with Crippen molar-refractivity contribution in [1.82, 2.24) is 4.98 Å². The van der Waals surface area contributed by atoms with Crippen molar-refractivity contribution >= 4 is 22.9 Å². The molecule has 0 aliphatic carbocycles. The van der Waals surface area contributed by atoms with E-state index >= 15 is 0 Å². The topological polar surface area (TPSA) is 38.9 Å². The van der Waals surface area contributed by atoms with E-state index in [4.69, 9.17) is 17.3 Å². The lowest BCUT2D eigenvalue weighted by Crippen LogP contribution is -1.94. The standard InChI is InChI=1S/C10H9ClN2S/c11-8-4-2-1-3-7(8)9-6-14-10(5-12)13-9/h1-4,6H,5,12H2. The van der Waals surface area contributed by atoms with E-state index in [1.165, 1.54) is 0 Å². The van der Waals surface area contributed by atoms with Gasteiger partial charge in [-0.2, -0.15) is 0 Å². The Balaban J connectivity index is 2.44. The van der Waals surface area contributed by atoms with Crippen molar-refractivity contribution in [3.8, 4) is 11.3 Å². The maximum Gasteiger partial charge on any atom is 0.107 e. The van der Waals surface area contributed by atoms with Crippen molar-refractivity contribution in [3.63, 3.8) is 0 Å². The molecule has 2 rings (SSSR count). The summed E-state index contributed by atoms with van der Waals surface area (Å²) in [6.07, 6.45) is 0. The Morgan fingerprint density at radius 2 is 2.14 bits per heavy atom. The molecule has 0 aliphatic heterocycles. The highest BCUT2D eigenvalue weighted by Gasteiger charge is 2.06. The maximum absolute atomic E-state index is 6.04. The zero-order valence-corrected chi connectivity index (χ0v) is 8.98. The predicted octanol–water partition coefficient (Wildman–Crippen LogP) is 2.92. The minimum Gasteiger partial charge on any atom is -0.325 e. The van der Waals surface area contributed by atoms with Crippen molar-refractivity contribution in [2.75, 3.05) is 0 Å². The molecule has 14 heavy (non-hydrogen) atoms. The summed E-state index contributed by atoms with van der Waals surface area (Å²) in [5.74, 6) is 0. The SMILES string of the molecule is NCc1nc(-c2ccccc2Cl)cs1. The Hall–Kier alpha value is -0.900. The largest absolute Gasteiger partial charge is 0.325 e. The van der Waals surface area contributed by atoms with Crippen LogP contribution < -0.4 is 5.73 Å². The van der Waals surface area contributed by atoms with Gasteiger partial charge in [0.2, 0.25) is 0 Å². The fraction of sp³-hybridized carbons (Fsp3) is 0.100. The predicted molar refractivity (Wildman–Crippen MR) is 60.5 cm³/mol. The molecule has 0 spiro atoms. The van der Waals surface area contributed by atoms with E-state index < -0.39 is 0 Å². The van der Waals surface area contributed by atoms with E-state index in [1.54, 1.807) is 11.3 Å². The lowest BCUT2D eigenvalue weighted by atomic mass is 10.2. The number of aromatic nitrogens is 1. The van der Waals surface area contributed by atoms with Gasteiger partial charge in [-0.05, 0) is 6.07 Å². The van der Waals surface area contributed by atoms with Crippen LogP contribution in [0.2, 0.25) is 5.02 Å². The summed E-state index contributed by atoms with van der Waals surface area (Å²) in [5, 5.41) is 3.63. The van der Waals surface area contributed by atoms with Crippen LogP contribution in [-0.2, 0) is 6.54 Å². The fourth-order valence-corrected chi connectivity index (χ4v) is 2.10. The van der Waals surface area contributed by atoms with Gasteiger partial charge >= 0.3 is 0 Å². The van der Waals surface area contributed by atoms with Crippen LogP contribution in [0.1, 0.15) is 5.01 Å². The quantitative estimate of drug-likeness (QED) is 0.852. The summed E-state index contributed by atoms with van der Waals surface area (Å²) in [6.45, 7) is 0.481. The molecule has 0 saturated heterocycles. The first-order valence-electron chi connectivity index (χ1n) is 4.20. The van der Waals surface area contributed by atoms with Crippen LogP contribution in [-0.4, -0.2) is 4.98 Å². The molecule has 0 atom stereocenters. The molecule has 72 valence electrons. The van der Waals surface area contributed by atoms with Crippen LogP contribution in [0, 0.1) is 0 Å². The first kappa shape index (κ1) is 9.65. The molecular formula is C10H9ClN2S. The Kier molecular flexibility index (Phi) is 2.82. The Bertz CT molecular complexity index is 439. The number of hydrogen-bond donors (Lipinski definition) is 1. The Morgan fingerprint density at radius 1 is 1.36 bits per heavy atom. The Labute approximate surface area is 91.4 Å². The second-order valence-corrected chi connectivity index (χ2v) is 4.16. The van der Waals surface area contributed by atoms with Gasteiger partial charge < -0.3 is 5.73 Å². The highest BCUT2D eigenvalue weighted by Crippen LogP contribution is 2.28. The number of halogens is 1. The highest BCUT2D eigenvalue weighted by molar-refractivity contribution is 7.09. The molecule has 2 aromatic rings. The monoisotopic (exact) mass is 224 g/mol.